The van der Waals surface area contributed by atoms with Gasteiger partial charge in [-0.05, 0) is 57.2 Å². The molecule has 3 atom stereocenters. The molecule has 0 radical (unpaired) electrons. The minimum Gasteiger partial charge on any atom is -0.478 e. The van der Waals surface area contributed by atoms with Crippen LogP contribution in [-0.4, -0.2) is 50.1 Å². The highest BCUT2D eigenvalue weighted by Gasteiger charge is 2.34. The first-order valence-electron chi connectivity index (χ1n) is 10.7. The minimum absolute atomic E-state index is 0.0438. The molecule has 2 aliphatic heterocycles. The molecule has 1 aromatic rings. The van der Waals surface area contributed by atoms with E-state index in [0.29, 0.717) is 24.4 Å². The van der Waals surface area contributed by atoms with E-state index in [9.17, 15) is 9.59 Å². The van der Waals surface area contributed by atoms with Crippen LogP contribution in [0.5, 0.6) is 5.75 Å². The van der Waals surface area contributed by atoms with E-state index in [1.54, 1.807) is 9.80 Å². The summed E-state index contributed by atoms with van der Waals surface area (Å²) in [6, 6.07) is 6.48. The number of anilines is 1. The van der Waals surface area contributed by atoms with Crippen LogP contribution < -0.4 is 19.9 Å². The number of likely N-dealkylation sites (tertiary alicyclic amines) is 1. The number of amides is 2. The predicted molar refractivity (Wildman–Crippen MR) is 110 cm³/mol. The summed E-state index contributed by atoms with van der Waals surface area (Å²) in [5.74, 6) is 0.425. The molecule has 2 heterocycles. The molecule has 0 saturated carbocycles. The zero-order chi connectivity index (χ0) is 20.1. The Morgan fingerprint density at radius 2 is 2.18 bits per heavy atom. The lowest BCUT2D eigenvalue weighted by Crippen LogP contribution is -3.16. The third kappa shape index (κ3) is 4.85. The van der Waals surface area contributed by atoms with E-state index >= 15 is 0 Å². The highest BCUT2D eigenvalue weighted by Crippen LogP contribution is 2.35. The number of rotatable bonds is 7. The molecule has 0 spiro atoms. The van der Waals surface area contributed by atoms with E-state index in [0.717, 1.165) is 24.6 Å². The number of aryl methyl sites for hydroxylation is 1. The molecule has 3 unspecified atom stereocenters. The van der Waals surface area contributed by atoms with Crippen LogP contribution in [-0.2, 0) is 9.59 Å². The number of fused-ring (bicyclic) bond motifs is 1. The smallest absolute Gasteiger partial charge is 0.268 e. The zero-order valence-electron chi connectivity index (χ0n) is 17.4. The van der Waals surface area contributed by atoms with Crippen LogP contribution in [0.15, 0.2) is 18.2 Å². The molecule has 3 rings (SSSR count). The third-order valence-electron chi connectivity index (χ3n) is 5.97. The number of hydrogen-bond donors (Lipinski definition) is 2. The van der Waals surface area contributed by atoms with Gasteiger partial charge in [-0.15, -0.1) is 0 Å². The number of nitrogens with zero attached hydrogens (tertiary/aromatic N) is 1. The van der Waals surface area contributed by atoms with Gasteiger partial charge in [0.15, 0.2) is 6.10 Å². The Morgan fingerprint density at radius 3 is 2.93 bits per heavy atom. The molecule has 1 fully saturated rings. The lowest BCUT2D eigenvalue weighted by molar-refractivity contribution is -0.928. The third-order valence-corrected chi connectivity index (χ3v) is 5.97. The summed E-state index contributed by atoms with van der Waals surface area (Å²) in [6.45, 7) is 9.25. The van der Waals surface area contributed by atoms with Crippen molar-refractivity contribution < 1.29 is 19.2 Å². The second-order valence-corrected chi connectivity index (χ2v) is 8.17. The van der Waals surface area contributed by atoms with Gasteiger partial charge in [0.05, 0.1) is 24.8 Å². The Labute approximate surface area is 168 Å². The lowest BCUT2D eigenvalue weighted by Gasteiger charge is -2.34. The predicted octanol–water partition coefficient (Wildman–Crippen LogP) is 1.46. The fourth-order valence-electron chi connectivity index (χ4n) is 4.22. The van der Waals surface area contributed by atoms with Crippen LogP contribution in [0.4, 0.5) is 5.69 Å². The molecule has 2 aliphatic rings. The zero-order valence-corrected chi connectivity index (χ0v) is 17.4. The average Bonchev–Trinajstić information content (AvgIpc) is 2.68. The van der Waals surface area contributed by atoms with Crippen molar-refractivity contribution in [3.63, 3.8) is 0 Å². The molecule has 2 N–H and O–H groups in total. The Bertz CT molecular complexity index is 706. The SMILES string of the molecule is CCC1Oc2ccc(C)cc2N(CC(=O)NCCC[NH+]2CCCCC2C)C1=O. The van der Waals surface area contributed by atoms with Crippen LogP contribution in [0.1, 0.15) is 51.5 Å². The maximum atomic E-state index is 12.8. The standard InChI is InChI=1S/C22H33N3O3/c1-4-19-22(27)25(18-14-16(2)9-10-20(18)28-19)15-21(26)23-11-7-13-24-12-6-5-8-17(24)3/h9-10,14,17,19H,4-8,11-13,15H2,1-3H3,(H,23,26)/p+1. The first-order chi connectivity index (χ1) is 13.5. The van der Waals surface area contributed by atoms with E-state index in [2.05, 4.69) is 12.2 Å². The number of carbonyl (C=O) groups is 2. The average molecular weight is 389 g/mol. The van der Waals surface area contributed by atoms with E-state index in [4.69, 9.17) is 4.74 Å². The number of piperidine rings is 1. The molecule has 0 aromatic heterocycles. The van der Waals surface area contributed by atoms with Crippen LogP contribution >= 0.6 is 0 Å². The highest BCUT2D eigenvalue weighted by molar-refractivity contribution is 6.03. The first kappa shape index (κ1) is 20.6. The second kappa shape index (κ2) is 9.41. The van der Waals surface area contributed by atoms with Gasteiger partial charge in [-0.25, -0.2) is 0 Å². The van der Waals surface area contributed by atoms with Crippen molar-refractivity contribution in [2.45, 2.75) is 65.0 Å². The van der Waals surface area contributed by atoms with Crippen molar-refractivity contribution in [1.82, 2.24) is 5.32 Å². The van der Waals surface area contributed by atoms with Crippen molar-refractivity contribution in [2.75, 3.05) is 31.1 Å². The van der Waals surface area contributed by atoms with Crippen molar-refractivity contribution in [3.05, 3.63) is 23.8 Å². The Morgan fingerprint density at radius 1 is 1.36 bits per heavy atom. The van der Waals surface area contributed by atoms with Crippen LogP contribution in [0.3, 0.4) is 0 Å². The van der Waals surface area contributed by atoms with Gasteiger partial charge in [-0.1, -0.05) is 13.0 Å². The van der Waals surface area contributed by atoms with Gasteiger partial charge in [0.25, 0.3) is 5.91 Å². The molecular weight excluding hydrogens is 354 g/mol. The summed E-state index contributed by atoms with van der Waals surface area (Å²) in [5.41, 5.74) is 1.73. The van der Waals surface area contributed by atoms with Gasteiger partial charge in [0.2, 0.25) is 5.91 Å². The normalized spacial score (nSPS) is 24.5. The number of benzene rings is 1. The van der Waals surface area contributed by atoms with E-state index < -0.39 is 6.10 Å². The van der Waals surface area contributed by atoms with Crippen LogP contribution in [0.2, 0.25) is 0 Å². The van der Waals surface area contributed by atoms with E-state index in [1.165, 1.54) is 25.8 Å². The first-order valence-corrected chi connectivity index (χ1v) is 10.7. The van der Waals surface area contributed by atoms with Gasteiger partial charge >= 0.3 is 0 Å². The molecule has 6 nitrogen and oxygen atoms in total. The minimum atomic E-state index is -0.521. The summed E-state index contributed by atoms with van der Waals surface area (Å²) >= 11 is 0. The Hall–Kier alpha value is -2.08. The Balaban J connectivity index is 1.54. The summed E-state index contributed by atoms with van der Waals surface area (Å²) < 4.78 is 5.81. The second-order valence-electron chi connectivity index (χ2n) is 8.17. The van der Waals surface area contributed by atoms with Crippen molar-refractivity contribution in [1.29, 1.82) is 0 Å². The number of ether oxygens (including phenoxy) is 1. The van der Waals surface area contributed by atoms with Crippen LogP contribution in [0, 0.1) is 6.92 Å². The highest BCUT2D eigenvalue weighted by atomic mass is 16.5. The Kier molecular flexibility index (Phi) is 6.94. The summed E-state index contributed by atoms with van der Waals surface area (Å²) in [7, 11) is 0. The monoisotopic (exact) mass is 388 g/mol. The molecule has 6 heteroatoms. The number of carbonyl (C=O) groups excluding carboxylic acids is 2. The maximum absolute atomic E-state index is 12.8. The van der Waals surface area contributed by atoms with Gasteiger partial charge in [0.1, 0.15) is 12.3 Å². The van der Waals surface area contributed by atoms with Crippen molar-refractivity contribution >= 4 is 17.5 Å². The molecule has 0 bridgehead atoms. The lowest BCUT2D eigenvalue weighted by atomic mass is 10.0. The fourth-order valence-corrected chi connectivity index (χ4v) is 4.22. The van der Waals surface area contributed by atoms with Crippen molar-refractivity contribution in [2.24, 2.45) is 0 Å². The topological polar surface area (TPSA) is 63.1 Å². The number of quaternary nitrogens is 1. The molecule has 28 heavy (non-hydrogen) atoms. The van der Waals surface area contributed by atoms with E-state index in [1.807, 2.05) is 32.0 Å². The molecule has 1 saturated heterocycles. The van der Waals surface area contributed by atoms with Gasteiger partial charge < -0.3 is 15.0 Å². The molecule has 2 amide bonds. The summed E-state index contributed by atoms with van der Waals surface area (Å²) in [5, 5.41) is 3.00. The molecular formula is C22H34N3O3+. The summed E-state index contributed by atoms with van der Waals surface area (Å²) in [4.78, 5) is 28.5. The largest absolute Gasteiger partial charge is 0.478 e. The fraction of sp³-hybridized carbons (Fsp3) is 0.636. The van der Waals surface area contributed by atoms with E-state index in [-0.39, 0.29) is 18.4 Å². The number of hydrogen-bond acceptors (Lipinski definition) is 3. The number of nitrogens with one attached hydrogen (secondary N) is 2. The van der Waals surface area contributed by atoms with Gasteiger partial charge in [0, 0.05) is 13.0 Å². The summed E-state index contributed by atoms with van der Waals surface area (Å²) in [6.07, 6.45) is 4.99. The van der Waals surface area contributed by atoms with Gasteiger partial charge in [-0.3, -0.25) is 14.5 Å². The maximum Gasteiger partial charge on any atom is 0.268 e. The van der Waals surface area contributed by atoms with Crippen LogP contribution in [0.25, 0.3) is 0 Å². The molecule has 1 aromatic carbocycles. The van der Waals surface area contributed by atoms with Gasteiger partial charge in [-0.2, -0.15) is 0 Å². The molecule has 0 aliphatic carbocycles. The quantitative estimate of drug-likeness (QED) is 0.695. The van der Waals surface area contributed by atoms with Crippen molar-refractivity contribution in [3.8, 4) is 5.75 Å². The molecule has 154 valence electrons.